The molecule has 4 aromatic rings. The topological polar surface area (TPSA) is 82.0 Å². The van der Waals surface area contributed by atoms with Crippen molar-refractivity contribution in [2.75, 3.05) is 10.6 Å². The number of hydrogen-bond acceptors (Lipinski definition) is 5. The molecule has 2 unspecified atom stereocenters. The highest BCUT2D eigenvalue weighted by Gasteiger charge is 2.29. The number of carbonyl (C=O) groups excluding carboxylic acids is 2. The second-order valence-corrected chi connectivity index (χ2v) is 14.2. The fraction of sp³-hybridized carbons (Fsp3) is 0.286. The number of nitrogens with zero attached hydrogens (tertiary/aromatic N) is 1. The van der Waals surface area contributed by atoms with E-state index in [2.05, 4.69) is 41.0 Å². The van der Waals surface area contributed by atoms with Crippen molar-refractivity contribution in [3.8, 4) is 6.07 Å². The van der Waals surface area contributed by atoms with E-state index < -0.39 is 5.25 Å². The van der Waals surface area contributed by atoms with Crippen LogP contribution in [0.3, 0.4) is 0 Å². The van der Waals surface area contributed by atoms with Crippen LogP contribution in [0.5, 0.6) is 0 Å². The van der Waals surface area contributed by atoms with Gasteiger partial charge in [-0.15, -0.1) is 23.1 Å². The molecule has 0 fully saturated rings. The number of carbonyl (C=O) groups is 2. The van der Waals surface area contributed by atoms with Gasteiger partial charge in [0.15, 0.2) is 0 Å². The summed E-state index contributed by atoms with van der Waals surface area (Å²) in [5.41, 5.74) is 4.44. The molecule has 2 N–H and O–H groups in total. The molecule has 0 aliphatic heterocycles. The monoisotopic (exact) mass is 593 g/mol. The maximum absolute atomic E-state index is 13.9. The predicted octanol–water partition coefficient (Wildman–Crippen LogP) is 8.74. The van der Waals surface area contributed by atoms with Crippen molar-refractivity contribution >= 4 is 45.6 Å². The Kier molecular flexibility index (Phi) is 9.15. The van der Waals surface area contributed by atoms with Gasteiger partial charge in [-0.1, -0.05) is 87.5 Å². The second kappa shape index (κ2) is 13.0. The normalized spacial score (nSPS) is 15.2. The molecular formula is C35H35N3O2S2. The smallest absolute Gasteiger partial charge is 0.243 e. The molecule has 0 radical (unpaired) electrons. The molecule has 0 saturated carbocycles. The summed E-state index contributed by atoms with van der Waals surface area (Å²) in [4.78, 5) is 28.5. The maximum atomic E-state index is 13.9. The summed E-state index contributed by atoms with van der Waals surface area (Å²) in [5, 5.41) is 16.3. The van der Waals surface area contributed by atoms with Gasteiger partial charge >= 0.3 is 0 Å². The molecule has 0 saturated heterocycles. The first-order valence-electron chi connectivity index (χ1n) is 14.2. The minimum atomic E-state index is -0.547. The first kappa shape index (κ1) is 29.6. The van der Waals surface area contributed by atoms with Crippen LogP contribution in [0, 0.1) is 16.7 Å². The van der Waals surface area contributed by atoms with Crippen LogP contribution in [0.4, 0.5) is 10.7 Å². The molecule has 3 aromatic carbocycles. The van der Waals surface area contributed by atoms with E-state index in [9.17, 15) is 14.9 Å². The lowest BCUT2D eigenvalue weighted by molar-refractivity contribution is -0.118. The molecule has 5 rings (SSSR count). The Hall–Kier alpha value is -3.86. The van der Waals surface area contributed by atoms with Crippen molar-refractivity contribution in [2.24, 2.45) is 5.41 Å². The second-order valence-electron chi connectivity index (χ2n) is 11.9. The Morgan fingerprint density at radius 3 is 2.40 bits per heavy atom. The molecule has 1 aliphatic rings. The zero-order chi connectivity index (χ0) is 29.7. The van der Waals surface area contributed by atoms with E-state index in [4.69, 9.17) is 0 Å². The zero-order valence-corrected chi connectivity index (χ0v) is 25.8. The van der Waals surface area contributed by atoms with Crippen molar-refractivity contribution < 1.29 is 9.59 Å². The average molecular weight is 594 g/mol. The van der Waals surface area contributed by atoms with Crippen molar-refractivity contribution in [3.05, 3.63) is 112 Å². The van der Waals surface area contributed by atoms with Crippen LogP contribution in [-0.2, 0) is 22.4 Å². The van der Waals surface area contributed by atoms with Gasteiger partial charge in [0.1, 0.15) is 16.3 Å². The fourth-order valence-corrected chi connectivity index (χ4v) is 7.71. The number of thioether (sulfide) groups is 1. The molecule has 1 heterocycles. The largest absolute Gasteiger partial charge is 0.326 e. The number of nitrogens with one attached hydrogen (secondary N) is 2. The minimum Gasteiger partial charge on any atom is -0.326 e. The predicted molar refractivity (Wildman–Crippen MR) is 173 cm³/mol. The molecule has 0 bridgehead atoms. The highest BCUT2D eigenvalue weighted by Crippen LogP contribution is 2.43. The third-order valence-electron chi connectivity index (χ3n) is 7.29. The summed E-state index contributed by atoms with van der Waals surface area (Å²) in [5.74, 6) is 0.196. The van der Waals surface area contributed by atoms with E-state index in [0.717, 1.165) is 35.3 Å². The lowest BCUT2D eigenvalue weighted by Gasteiger charge is -2.22. The van der Waals surface area contributed by atoms with Gasteiger partial charge in [0.25, 0.3) is 0 Å². The summed E-state index contributed by atoms with van der Waals surface area (Å²) in [6.45, 7) is 6.10. The first-order chi connectivity index (χ1) is 20.2. The Bertz CT molecular complexity index is 1600. The van der Waals surface area contributed by atoms with Crippen LogP contribution in [-0.4, -0.2) is 11.8 Å². The van der Waals surface area contributed by atoms with Crippen LogP contribution in [0.1, 0.15) is 71.9 Å². The van der Waals surface area contributed by atoms with Crippen molar-refractivity contribution in [3.63, 3.8) is 0 Å². The van der Waals surface area contributed by atoms with Gasteiger partial charge in [-0.3, -0.25) is 9.59 Å². The summed E-state index contributed by atoms with van der Waals surface area (Å²) >= 11 is 2.96. The summed E-state index contributed by atoms with van der Waals surface area (Å²) in [6, 6.07) is 30.2. The van der Waals surface area contributed by atoms with Gasteiger partial charge in [-0.05, 0) is 65.5 Å². The lowest BCUT2D eigenvalue weighted by atomic mass is 9.83. The Labute approximate surface area is 256 Å². The SMILES string of the molecule is CC(C)(C)CC(=O)Nc1cccc(SC(C(=O)Nc2sc3c(c2C#N)CCC(c2ccccc2)C3)c2ccccc2)c1. The molecule has 1 aromatic heterocycles. The molecule has 214 valence electrons. The molecule has 1 aliphatic carbocycles. The summed E-state index contributed by atoms with van der Waals surface area (Å²) < 4.78 is 0. The van der Waals surface area contributed by atoms with E-state index >= 15 is 0 Å². The van der Waals surface area contributed by atoms with Gasteiger partial charge in [-0.2, -0.15) is 5.26 Å². The number of thiophene rings is 1. The molecule has 0 spiro atoms. The number of rotatable bonds is 8. The van der Waals surface area contributed by atoms with Gasteiger partial charge in [0.2, 0.25) is 11.8 Å². The Morgan fingerprint density at radius 2 is 1.71 bits per heavy atom. The number of hydrogen-bond donors (Lipinski definition) is 2. The molecule has 7 heteroatoms. The Balaban J connectivity index is 1.36. The van der Waals surface area contributed by atoms with Crippen LogP contribution in [0.25, 0.3) is 0 Å². The summed E-state index contributed by atoms with van der Waals surface area (Å²) in [6.07, 6.45) is 3.10. The number of benzene rings is 3. The van der Waals surface area contributed by atoms with Crippen LogP contribution in [0.2, 0.25) is 0 Å². The number of amides is 2. The quantitative estimate of drug-likeness (QED) is 0.200. The zero-order valence-electron chi connectivity index (χ0n) is 24.1. The average Bonchev–Trinajstić information content (AvgIpc) is 3.32. The maximum Gasteiger partial charge on any atom is 0.243 e. The molecular weight excluding hydrogens is 559 g/mol. The molecule has 2 amide bonds. The van der Waals surface area contributed by atoms with Crippen molar-refractivity contribution in [2.45, 2.75) is 62.5 Å². The van der Waals surface area contributed by atoms with Crippen molar-refractivity contribution in [1.29, 1.82) is 5.26 Å². The van der Waals surface area contributed by atoms with Gasteiger partial charge in [0, 0.05) is 21.9 Å². The highest BCUT2D eigenvalue weighted by molar-refractivity contribution is 8.00. The highest BCUT2D eigenvalue weighted by atomic mass is 32.2. The van der Waals surface area contributed by atoms with E-state index in [-0.39, 0.29) is 17.2 Å². The molecule has 2 atom stereocenters. The van der Waals surface area contributed by atoms with E-state index in [1.165, 1.54) is 33.5 Å². The third kappa shape index (κ3) is 7.31. The molecule has 42 heavy (non-hydrogen) atoms. The Morgan fingerprint density at radius 1 is 1.00 bits per heavy atom. The van der Waals surface area contributed by atoms with Gasteiger partial charge in [0.05, 0.1) is 5.56 Å². The van der Waals surface area contributed by atoms with E-state index in [1.807, 2.05) is 81.4 Å². The summed E-state index contributed by atoms with van der Waals surface area (Å²) in [7, 11) is 0. The standard InChI is InChI=1S/C35H35N3O2S2/c1-35(2,3)21-31(39)37-26-15-10-16-27(20-26)41-32(24-13-8-5-9-14-24)33(40)38-34-29(22-36)28-18-17-25(19-30(28)42-34)23-11-6-4-7-12-23/h4-16,20,25,32H,17-19,21H2,1-3H3,(H,37,39)(H,38,40). The van der Waals surface area contributed by atoms with Crippen LogP contribution in [0.15, 0.2) is 89.8 Å². The third-order valence-corrected chi connectivity index (χ3v) is 9.71. The number of nitriles is 1. The van der Waals surface area contributed by atoms with Crippen LogP contribution < -0.4 is 10.6 Å². The van der Waals surface area contributed by atoms with Gasteiger partial charge < -0.3 is 10.6 Å². The van der Waals surface area contributed by atoms with E-state index in [1.54, 1.807) is 0 Å². The minimum absolute atomic E-state index is 0.0396. The van der Waals surface area contributed by atoms with Gasteiger partial charge in [-0.25, -0.2) is 0 Å². The van der Waals surface area contributed by atoms with Crippen LogP contribution >= 0.6 is 23.1 Å². The lowest BCUT2D eigenvalue weighted by Crippen LogP contribution is -2.20. The van der Waals surface area contributed by atoms with E-state index in [0.29, 0.717) is 28.6 Å². The first-order valence-corrected chi connectivity index (χ1v) is 15.9. The fourth-order valence-electron chi connectivity index (χ4n) is 5.35. The van der Waals surface area contributed by atoms with Crippen molar-refractivity contribution in [1.82, 2.24) is 0 Å². The number of fused-ring (bicyclic) bond motifs is 1. The number of anilines is 2. The molecule has 5 nitrogen and oxygen atoms in total.